The van der Waals surface area contributed by atoms with Crippen molar-refractivity contribution in [3.8, 4) is 5.88 Å². The molecule has 1 heterocycles. The molecule has 2 rings (SSSR count). The molecule has 1 fully saturated rings. The van der Waals surface area contributed by atoms with Gasteiger partial charge in [-0.05, 0) is 18.9 Å². The molecule has 118 valence electrons. The van der Waals surface area contributed by atoms with Gasteiger partial charge in [0.1, 0.15) is 4.90 Å². The van der Waals surface area contributed by atoms with Gasteiger partial charge in [0, 0.05) is 18.2 Å². The first-order valence-electron chi connectivity index (χ1n) is 7.24. The predicted octanol–water partition coefficient (Wildman–Crippen LogP) is 1.42. The summed E-state index contributed by atoms with van der Waals surface area (Å²) >= 11 is 0. The fourth-order valence-corrected chi connectivity index (χ4v) is 3.66. The summed E-state index contributed by atoms with van der Waals surface area (Å²) < 4.78 is 32.0. The van der Waals surface area contributed by atoms with E-state index in [1.807, 2.05) is 0 Å². The van der Waals surface area contributed by atoms with Gasteiger partial charge in [-0.25, -0.2) is 18.1 Å². The largest absolute Gasteiger partial charge is 0.481 e. The third-order valence-electron chi connectivity index (χ3n) is 3.94. The van der Waals surface area contributed by atoms with Crippen molar-refractivity contribution in [2.75, 3.05) is 13.7 Å². The first kappa shape index (κ1) is 16.2. The van der Waals surface area contributed by atoms with Gasteiger partial charge < -0.3 is 10.5 Å². The van der Waals surface area contributed by atoms with E-state index in [0.717, 1.165) is 25.7 Å². The molecule has 0 amide bonds. The van der Waals surface area contributed by atoms with Crippen LogP contribution in [-0.2, 0) is 10.0 Å². The number of aromatic nitrogens is 1. The number of nitrogens with one attached hydrogen (secondary N) is 1. The van der Waals surface area contributed by atoms with Crippen molar-refractivity contribution in [2.45, 2.75) is 49.0 Å². The Hall–Kier alpha value is -1.18. The Morgan fingerprint density at radius 1 is 1.29 bits per heavy atom. The van der Waals surface area contributed by atoms with Crippen LogP contribution < -0.4 is 15.2 Å². The Kier molecular flexibility index (Phi) is 5.18. The number of methoxy groups -OCH3 is 1. The average molecular weight is 313 g/mol. The Bertz CT molecular complexity index is 549. The molecule has 6 nitrogen and oxygen atoms in total. The normalized spacial score (nSPS) is 19.0. The number of hydrogen-bond acceptors (Lipinski definition) is 5. The molecule has 0 aliphatic heterocycles. The highest BCUT2D eigenvalue weighted by Gasteiger charge is 2.28. The Labute approximate surface area is 126 Å². The number of nitrogens with two attached hydrogens (primary N) is 1. The number of sulfonamides is 1. The zero-order chi connectivity index (χ0) is 15.3. The van der Waals surface area contributed by atoms with E-state index in [1.54, 1.807) is 0 Å². The maximum absolute atomic E-state index is 12.3. The van der Waals surface area contributed by atoms with Crippen molar-refractivity contribution >= 4 is 10.0 Å². The second-order valence-corrected chi connectivity index (χ2v) is 7.40. The van der Waals surface area contributed by atoms with E-state index < -0.39 is 15.6 Å². The molecular weight excluding hydrogens is 290 g/mol. The van der Waals surface area contributed by atoms with Crippen LogP contribution >= 0.6 is 0 Å². The highest BCUT2D eigenvalue weighted by molar-refractivity contribution is 7.89. The summed E-state index contributed by atoms with van der Waals surface area (Å²) in [4.78, 5) is 4.04. The fraction of sp³-hybridized carbons (Fsp3) is 0.643. The summed E-state index contributed by atoms with van der Waals surface area (Å²) in [5.41, 5.74) is 5.89. The molecule has 1 aliphatic rings. The second kappa shape index (κ2) is 6.72. The number of nitrogens with zero attached hydrogens (tertiary/aromatic N) is 1. The van der Waals surface area contributed by atoms with Crippen molar-refractivity contribution in [1.82, 2.24) is 9.71 Å². The van der Waals surface area contributed by atoms with Crippen molar-refractivity contribution in [1.29, 1.82) is 0 Å². The molecule has 7 heteroatoms. The van der Waals surface area contributed by atoms with Crippen LogP contribution in [0.3, 0.4) is 0 Å². The van der Waals surface area contributed by atoms with Gasteiger partial charge in [-0.1, -0.05) is 25.7 Å². The topological polar surface area (TPSA) is 94.3 Å². The van der Waals surface area contributed by atoms with Gasteiger partial charge in [0.15, 0.2) is 0 Å². The number of ether oxygens (including phenoxy) is 1. The third-order valence-corrected chi connectivity index (χ3v) is 5.33. The first-order valence-corrected chi connectivity index (χ1v) is 8.72. The smallest absolute Gasteiger partial charge is 0.242 e. The molecule has 1 aromatic rings. The molecular formula is C14H23N3O3S. The highest BCUT2D eigenvalue weighted by Crippen LogP contribution is 2.24. The van der Waals surface area contributed by atoms with Gasteiger partial charge in [0.05, 0.1) is 13.3 Å². The van der Waals surface area contributed by atoms with Crippen LogP contribution in [0.1, 0.15) is 38.5 Å². The monoisotopic (exact) mass is 313 g/mol. The molecule has 0 saturated heterocycles. The summed E-state index contributed by atoms with van der Waals surface area (Å²) in [5, 5.41) is 0. The molecule has 0 atom stereocenters. The van der Waals surface area contributed by atoms with E-state index in [2.05, 4.69) is 9.71 Å². The molecule has 1 aliphatic carbocycles. The average Bonchev–Trinajstić information content (AvgIpc) is 2.71. The summed E-state index contributed by atoms with van der Waals surface area (Å²) in [5.74, 6) is 0.382. The van der Waals surface area contributed by atoms with E-state index in [-0.39, 0.29) is 11.4 Å². The lowest BCUT2D eigenvalue weighted by Crippen LogP contribution is -2.49. The van der Waals surface area contributed by atoms with Crippen LogP contribution in [-0.4, -0.2) is 32.6 Å². The lowest BCUT2D eigenvalue weighted by Gasteiger charge is -2.28. The lowest BCUT2D eigenvalue weighted by atomic mass is 9.92. The number of pyridine rings is 1. The van der Waals surface area contributed by atoms with E-state index in [4.69, 9.17) is 10.5 Å². The van der Waals surface area contributed by atoms with Crippen molar-refractivity contribution in [3.05, 3.63) is 18.3 Å². The number of hydrogen-bond donors (Lipinski definition) is 2. The van der Waals surface area contributed by atoms with E-state index in [0.29, 0.717) is 5.88 Å². The summed E-state index contributed by atoms with van der Waals surface area (Å²) in [6, 6.07) is 3.00. The maximum atomic E-state index is 12.3. The molecule has 1 aromatic heterocycles. The van der Waals surface area contributed by atoms with Gasteiger partial charge in [0.2, 0.25) is 15.9 Å². The summed E-state index contributed by atoms with van der Waals surface area (Å²) in [7, 11) is -2.10. The zero-order valence-corrected chi connectivity index (χ0v) is 13.2. The Balaban J connectivity index is 2.02. The molecule has 0 unspecified atom stereocenters. The molecule has 0 bridgehead atoms. The predicted molar refractivity (Wildman–Crippen MR) is 80.6 cm³/mol. The fourth-order valence-electron chi connectivity index (χ4n) is 2.58. The molecule has 21 heavy (non-hydrogen) atoms. The first-order chi connectivity index (χ1) is 9.95. The second-order valence-electron chi connectivity index (χ2n) is 5.64. The van der Waals surface area contributed by atoms with Crippen LogP contribution in [0.2, 0.25) is 0 Å². The van der Waals surface area contributed by atoms with Crippen molar-refractivity contribution < 1.29 is 13.2 Å². The molecule has 3 N–H and O–H groups in total. The lowest BCUT2D eigenvalue weighted by molar-refractivity contribution is 0.369. The van der Waals surface area contributed by atoms with Crippen molar-refractivity contribution in [2.24, 2.45) is 5.73 Å². The van der Waals surface area contributed by atoms with Crippen LogP contribution in [0.25, 0.3) is 0 Å². The SMILES string of the molecule is COc1ccc(S(=O)(=O)NCC2(N)CCCCCC2)cn1. The van der Waals surface area contributed by atoms with Crippen LogP contribution in [0, 0.1) is 0 Å². The molecule has 0 spiro atoms. The standard InChI is InChI=1S/C14H23N3O3S/c1-20-13-7-6-12(10-16-13)21(18,19)17-11-14(15)8-4-2-3-5-9-14/h6-7,10,17H,2-5,8-9,11,15H2,1H3. The van der Waals surface area contributed by atoms with Crippen LogP contribution in [0.15, 0.2) is 23.2 Å². The quantitative estimate of drug-likeness (QED) is 0.802. The highest BCUT2D eigenvalue weighted by atomic mass is 32.2. The summed E-state index contributed by atoms with van der Waals surface area (Å²) in [6.45, 7) is 0.265. The zero-order valence-electron chi connectivity index (χ0n) is 12.3. The summed E-state index contributed by atoms with van der Waals surface area (Å²) in [6.07, 6.45) is 7.47. The van der Waals surface area contributed by atoms with Gasteiger partial charge in [-0.3, -0.25) is 0 Å². The van der Waals surface area contributed by atoms with Gasteiger partial charge in [-0.15, -0.1) is 0 Å². The van der Waals surface area contributed by atoms with Crippen LogP contribution in [0.4, 0.5) is 0 Å². The van der Waals surface area contributed by atoms with Crippen LogP contribution in [0.5, 0.6) is 5.88 Å². The molecule has 0 radical (unpaired) electrons. The van der Waals surface area contributed by atoms with Gasteiger partial charge in [0.25, 0.3) is 0 Å². The minimum atomic E-state index is -3.58. The van der Waals surface area contributed by atoms with E-state index in [1.165, 1.54) is 38.3 Å². The number of rotatable bonds is 5. The maximum Gasteiger partial charge on any atom is 0.242 e. The Morgan fingerprint density at radius 2 is 1.95 bits per heavy atom. The van der Waals surface area contributed by atoms with E-state index in [9.17, 15) is 8.42 Å². The third kappa shape index (κ3) is 4.39. The van der Waals surface area contributed by atoms with Gasteiger partial charge in [-0.2, -0.15) is 0 Å². The van der Waals surface area contributed by atoms with Gasteiger partial charge >= 0.3 is 0 Å². The minimum Gasteiger partial charge on any atom is -0.481 e. The molecule has 1 saturated carbocycles. The van der Waals surface area contributed by atoms with Crippen molar-refractivity contribution in [3.63, 3.8) is 0 Å². The molecule has 0 aromatic carbocycles. The minimum absolute atomic E-state index is 0.125. The Morgan fingerprint density at radius 3 is 2.48 bits per heavy atom. The van der Waals surface area contributed by atoms with E-state index >= 15 is 0 Å².